The van der Waals surface area contributed by atoms with Gasteiger partial charge in [-0.3, -0.25) is 4.79 Å². The van der Waals surface area contributed by atoms with Gasteiger partial charge in [-0.05, 0) is 17.7 Å². The molecule has 1 unspecified atom stereocenters. The van der Waals surface area contributed by atoms with Crippen molar-refractivity contribution in [2.75, 3.05) is 13.2 Å². The molecule has 0 amide bonds. The topological polar surface area (TPSA) is 71.7 Å². The van der Waals surface area contributed by atoms with Gasteiger partial charge in [0.25, 0.3) is 0 Å². The van der Waals surface area contributed by atoms with Crippen molar-refractivity contribution in [3.05, 3.63) is 89.1 Å². The first-order valence-corrected chi connectivity index (χ1v) is 10.8. The van der Waals surface area contributed by atoms with E-state index in [2.05, 4.69) is 5.32 Å². The molecule has 172 valence electrons. The molecule has 0 fully saturated rings. The summed E-state index contributed by atoms with van der Waals surface area (Å²) in [4.78, 5) is 13.5. The van der Waals surface area contributed by atoms with Gasteiger partial charge in [0.2, 0.25) is 5.43 Å². The SMILES string of the molecule is CC(C)NCC(O)COc1ccc2c(=O)c(-c3ccccc3)c(-c3ccccc3)oc2c1.Cl. The first-order valence-electron chi connectivity index (χ1n) is 10.8. The lowest BCUT2D eigenvalue weighted by molar-refractivity contribution is 0.104. The molecule has 0 aliphatic carbocycles. The van der Waals surface area contributed by atoms with Crippen molar-refractivity contribution >= 4 is 23.4 Å². The fourth-order valence-corrected chi connectivity index (χ4v) is 3.55. The molecular weight excluding hydrogens is 438 g/mol. The van der Waals surface area contributed by atoms with Gasteiger partial charge in [-0.2, -0.15) is 0 Å². The van der Waals surface area contributed by atoms with Crippen molar-refractivity contribution in [2.24, 2.45) is 0 Å². The third-order valence-electron chi connectivity index (χ3n) is 5.17. The molecule has 4 aromatic rings. The molecule has 0 spiro atoms. The number of fused-ring (bicyclic) bond motifs is 1. The number of hydrogen-bond acceptors (Lipinski definition) is 5. The monoisotopic (exact) mass is 465 g/mol. The molecule has 4 rings (SSSR count). The van der Waals surface area contributed by atoms with Crippen molar-refractivity contribution < 1.29 is 14.3 Å². The Labute approximate surface area is 199 Å². The lowest BCUT2D eigenvalue weighted by Gasteiger charge is -2.15. The largest absolute Gasteiger partial charge is 0.491 e. The van der Waals surface area contributed by atoms with E-state index in [1.165, 1.54) is 0 Å². The Morgan fingerprint density at radius 3 is 2.21 bits per heavy atom. The van der Waals surface area contributed by atoms with E-state index in [0.717, 1.165) is 11.1 Å². The van der Waals surface area contributed by atoms with Crippen LogP contribution in [-0.4, -0.2) is 30.4 Å². The van der Waals surface area contributed by atoms with E-state index >= 15 is 0 Å². The van der Waals surface area contributed by atoms with Crippen LogP contribution in [0.25, 0.3) is 33.4 Å². The molecule has 0 bridgehead atoms. The molecule has 0 saturated carbocycles. The first kappa shape index (κ1) is 24.5. The second kappa shape index (κ2) is 11.1. The fraction of sp³-hybridized carbons (Fsp3) is 0.222. The molecule has 5 nitrogen and oxygen atoms in total. The minimum Gasteiger partial charge on any atom is -0.491 e. The van der Waals surface area contributed by atoms with E-state index in [4.69, 9.17) is 9.15 Å². The average Bonchev–Trinajstić information content (AvgIpc) is 2.82. The van der Waals surface area contributed by atoms with E-state index in [-0.39, 0.29) is 30.5 Å². The summed E-state index contributed by atoms with van der Waals surface area (Å²) in [5.74, 6) is 1.06. The Hall–Kier alpha value is -3.12. The molecule has 0 saturated heterocycles. The summed E-state index contributed by atoms with van der Waals surface area (Å²) >= 11 is 0. The second-order valence-electron chi connectivity index (χ2n) is 8.05. The summed E-state index contributed by atoms with van der Waals surface area (Å²) in [5.41, 5.74) is 2.52. The molecule has 0 aliphatic rings. The van der Waals surface area contributed by atoms with Crippen LogP contribution in [0, 0.1) is 0 Å². The first-order chi connectivity index (χ1) is 15.5. The maximum atomic E-state index is 13.5. The van der Waals surface area contributed by atoms with E-state index in [9.17, 15) is 9.90 Å². The molecule has 2 N–H and O–H groups in total. The standard InChI is InChI=1S/C27H27NO4.ClH/c1-18(2)28-16-21(29)17-31-22-13-14-23-24(15-22)32-27(20-11-7-4-8-12-20)25(26(23)30)19-9-5-3-6-10-19;/h3-15,18,21,28-29H,16-17H2,1-2H3;1H. The molecule has 33 heavy (non-hydrogen) atoms. The summed E-state index contributed by atoms with van der Waals surface area (Å²) in [5, 5.41) is 13.8. The smallest absolute Gasteiger partial charge is 0.201 e. The van der Waals surface area contributed by atoms with Gasteiger partial charge in [0.05, 0.1) is 10.9 Å². The van der Waals surface area contributed by atoms with E-state index < -0.39 is 6.10 Å². The molecular formula is C27H28ClNO4. The third kappa shape index (κ3) is 5.82. The third-order valence-corrected chi connectivity index (χ3v) is 5.17. The van der Waals surface area contributed by atoms with Gasteiger partial charge < -0.3 is 19.6 Å². The molecule has 3 aromatic carbocycles. The van der Waals surface area contributed by atoms with Gasteiger partial charge >= 0.3 is 0 Å². The number of ether oxygens (including phenoxy) is 1. The predicted octanol–water partition coefficient (Wildman–Crippen LogP) is 5.29. The normalized spacial score (nSPS) is 11.9. The Bertz CT molecular complexity index is 1240. The molecule has 0 aliphatic heterocycles. The van der Waals surface area contributed by atoms with Gasteiger partial charge in [-0.25, -0.2) is 0 Å². The predicted molar refractivity (Wildman–Crippen MR) is 135 cm³/mol. The van der Waals surface area contributed by atoms with Crippen LogP contribution in [0.3, 0.4) is 0 Å². The zero-order valence-corrected chi connectivity index (χ0v) is 19.5. The summed E-state index contributed by atoms with van der Waals surface area (Å²) < 4.78 is 12.0. The number of aliphatic hydroxyl groups excluding tert-OH is 1. The van der Waals surface area contributed by atoms with Crippen LogP contribution in [0.4, 0.5) is 0 Å². The van der Waals surface area contributed by atoms with Crippen molar-refractivity contribution in [1.29, 1.82) is 0 Å². The Morgan fingerprint density at radius 1 is 0.939 bits per heavy atom. The maximum absolute atomic E-state index is 13.5. The van der Waals surface area contributed by atoms with Crippen LogP contribution in [0.5, 0.6) is 5.75 Å². The van der Waals surface area contributed by atoms with Crippen LogP contribution >= 0.6 is 12.4 Å². The lowest BCUT2D eigenvalue weighted by atomic mass is 9.98. The molecule has 0 radical (unpaired) electrons. The number of aliphatic hydroxyl groups is 1. The van der Waals surface area contributed by atoms with E-state index in [1.807, 2.05) is 74.5 Å². The zero-order valence-electron chi connectivity index (χ0n) is 18.7. The van der Waals surface area contributed by atoms with Gasteiger partial charge in [0, 0.05) is 24.2 Å². The summed E-state index contributed by atoms with van der Waals surface area (Å²) in [6.07, 6.45) is -0.638. The molecule has 1 aromatic heterocycles. The average molecular weight is 466 g/mol. The zero-order chi connectivity index (χ0) is 22.5. The van der Waals surface area contributed by atoms with Crippen molar-refractivity contribution in [3.8, 4) is 28.2 Å². The Balaban J connectivity index is 0.00000306. The van der Waals surface area contributed by atoms with Gasteiger partial charge in [-0.15, -0.1) is 12.4 Å². The Kier molecular flexibility index (Phi) is 8.28. The Morgan fingerprint density at radius 2 is 1.58 bits per heavy atom. The van der Waals surface area contributed by atoms with Crippen LogP contribution in [0.1, 0.15) is 13.8 Å². The van der Waals surface area contributed by atoms with Crippen molar-refractivity contribution in [3.63, 3.8) is 0 Å². The highest BCUT2D eigenvalue weighted by molar-refractivity contribution is 5.89. The van der Waals surface area contributed by atoms with E-state index in [1.54, 1.807) is 18.2 Å². The fourth-order valence-electron chi connectivity index (χ4n) is 3.55. The second-order valence-corrected chi connectivity index (χ2v) is 8.05. The summed E-state index contributed by atoms with van der Waals surface area (Å²) in [6.45, 7) is 4.63. The number of benzene rings is 3. The number of rotatable bonds is 8. The highest BCUT2D eigenvalue weighted by Gasteiger charge is 2.18. The van der Waals surface area contributed by atoms with Crippen molar-refractivity contribution in [2.45, 2.75) is 26.0 Å². The minimum absolute atomic E-state index is 0. The molecule has 1 heterocycles. The quantitative estimate of drug-likeness (QED) is 0.370. The van der Waals surface area contributed by atoms with Crippen LogP contribution in [0.2, 0.25) is 0 Å². The van der Waals surface area contributed by atoms with Crippen LogP contribution in [-0.2, 0) is 0 Å². The molecule has 1 atom stereocenters. The number of halogens is 1. The summed E-state index contributed by atoms with van der Waals surface area (Å²) in [6, 6.07) is 24.6. The number of nitrogens with one attached hydrogen (secondary N) is 1. The van der Waals surface area contributed by atoms with Gasteiger partial charge in [0.1, 0.15) is 29.8 Å². The summed E-state index contributed by atoms with van der Waals surface area (Å²) in [7, 11) is 0. The number of hydrogen-bond donors (Lipinski definition) is 2. The lowest BCUT2D eigenvalue weighted by Crippen LogP contribution is -2.35. The minimum atomic E-state index is -0.638. The van der Waals surface area contributed by atoms with Crippen LogP contribution in [0.15, 0.2) is 88.1 Å². The van der Waals surface area contributed by atoms with Crippen molar-refractivity contribution in [1.82, 2.24) is 5.32 Å². The van der Waals surface area contributed by atoms with E-state index in [0.29, 0.717) is 34.6 Å². The van der Waals surface area contributed by atoms with Gasteiger partial charge in [0.15, 0.2) is 0 Å². The molecule has 6 heteroatoms. The van der Waals surface area contributed by atoms with Crippen LogP contribution < -0.4 is 15.5 Å². The van der Waals surface area contributed by atoms with Gasteiger partial charge in [-0.1, -0.05) is 74.5 Å². The highest BCUT2D eigenvalue weighted by Crippen LogP contribution is 2.33. The maximum Gasteiger partial charge on any atom is 0.201 e. The highest BCUT2D eigenvalue weighted by atomic mass is 35.5.